The average Bonchev–Trinajstić information content (AvgIpc) is 0.835. The number of rotatable bonds is 43. The molecule has 14 nitrogen and oxygen atoms in total. The molecule has 14 heteroatoms. The van der Waals surface area contributed by atoms with Gasteiger partial charge in [0.1, 0.15) is 173 Å². The predicted molar refractivity (Wildman–Crippen MR) is 542 cm³/mol. The molecule has 15 aromatic rings. The summed E-state index contributed by atoms with van der Waals surface area (Å²) in [6.07, 6.45) is 0.703. The van der Waals surface area contributed by atoms with Crippen LogP contribution in [0.15, 0.2) is 273 Å². The van der Waals surface area contributed by atoms with Gasteiger partial charge in [-0.1, -0.05) is 242 Å². The van der Waals surface area contributed by atoms with Crippen LogP contribution in [0.1, 0.15) is 179 Å². The van der Waals surface area contributed by atoms with Crippen LogP contribution in [0.3, 0.4) is 0 Å². The van der Waals surface area contributed by atoms with Crippen LogP contribution in [0.5, 0.6) is 80.5 Å². The zero-order chi connectivity index (χ0) is 95.3. The second kappa shape index (κ2) is 45.5. The van der Waals surface area contributed by atoms with Crippen molar-refractivity contribution in [1.29, 1.82) is 0 Å². The first-order valence-electron chi connectivity index (χ1n) is 46.9. The van der Waals surface area contributed by atoms with E-state index in [9.17, 15) is 0 Å². The molecule has 0 spiro atoms. The van der Waals surface area contributed by atoms with Gasteiger partial charge in [0, 0.05) is 42.5 Å². The lowest BCUT2D eigenvalue weighted by molar-refractivity contribution is 0.270. The molecular weight excluding hydrogens is 1690 g/mol. The van der Waals surface area contributed by atoms with Gasteiger partial charge in [0.05, 0.1) is 0 Å². The van der Waals surface area contributed by atoms with E-state index in [1.165, 1.54) is 89.0 Å². The Morgan fingerprint density at radius 1 is 0.103 bits per heavy atom. The lowest BCUT2D eigenvalue weighted by Crippen LogP contribution is -2.04. The summed E-state index contributed by atoms with van der Waals surface area (Å²) in [6, 6.07) is 93.7. The molecule has 15 rings (SSSR count). The highest BCUT2D eigenvalue weighted by Crippen LogP contribution is 2.37. The molecule has 15 aromatic carbocycles. The largest absolute Gasteiger partial charge is 0.489 e. The Bertz CT molecular complexity index is 5500. The van der Waals surface area contributed by atoms with Crippen molar-refractivity contribution in [2.24, 2.45) is 0 Å². The third-order valence-corrected chi connectivity index (χ3v) is 22.9. The Balaban J connectivity index is 0.724. The molecule has 0 aliphatic heterocycles. The van der Waals surface area contributed by atoms with E-state index < -0.39 is 0 Å². The van der Waals surface area contributed by atoms with Crippen molar-refractivity contribution in [3.05, 3.63) is 445 Å². The Labute approximate surface area is 803 Å². The van der Waals surface area contributed by atoms with E-state index >= 15 is 0 Å². The predicted octanol–water partition coefficient (Wildman–Crippen LogP) is 29.3. The molecule has 0 amide bonds. The number of hydrogen-bond donors (Lipinski definition) is 0. The van der Waals surface area contributed by atoms with Crippen LogP contribution < -0.4 is 66.3 Å². The van der Waals surface area contributed by atoms with Crippen molar-refractivity contribution < 1.29 is 66.3 Å². The van der Waals surface area contributed by atoms with Crippen LogP contribution in [0.25, 0.3) is 0 Å². The Hall–Kier alpha value is -14.5. The molecule has 0 saturated heterocycles. The molecule has 0 radical (unpaired) electrons. The smallest absolute Gasteiger partial charge is 0.123 e. The maximum atomic E-state index is 6.91. The zero-order valence-corrected chi connectivity index (χ0v) is 81.8. The van der Waals surface area contributed by atoms with Gasteiger partial charge in [-0.05, 0) is 286 Å². The third-order valence-electron chi connectivity index (χ3n) is 22.9. The molecule has 0 fully saturated rings. The molecule has 0 aromatic heterocycles. The molecule has 0 saturated carbocycles. The normalized spacial score (nSPS) is 11.1. The van der Waals surface area contributed by atoms with Gasteiger partial charge in [-0.3, -0.25) is 0 Å². The second-order valence-corrected chi connectivity index (χ2v) is 37.1. The molecule has 0 aliphatic rings. The van der Waals surface area contributed by atoms with E-state index in [1.54, 1.807) is 0 Å². The summed E-state index contributed by atoms with van der Waals surface area (Å²) < 4.78 is 94.3. The van der Waals surface area contributed by atoms with E-state index in [0.29, 0.717) is 140 Å². The van der Waals surface area contributed by atoms with Crippen LogP contribution in [-0.2, 0) is 98.9 Å². The minimum atomic E-state index is 0.138. The Morgan fingerprint density at radius 3 is 0.272 bits per heavy atom. The molecular formula is C122H126O14. The molecule has 0 atom stereocenters. The second-order valence-electron chi connectivity index (χ2n) is 37.1. The number of hydrogen-bond acceptors (Lipinski definition) is 14. The van der Waals surface area contributed by atoms with E-state index in [4.69, 9.17) is 66.3 Å². The summed E-state index contributed by atoms with van der Waals surface area (Å²) in [7, 11) is 0. The molecule has 0 aliphatic carbocycles. The van der Waals surface area contributed by atoms with Gasteiger partial charge >= 0.3 is 0 Å². The Kier molecular flexibility index (Phi) is 32.1. The van der Waals surface area contributed by atoms with Crippen LogP contribution in [0.2, 0.25) is 0 Å². The molecule has 0 heterocycles. The first-order chi connectivity index (χ1) is 65.5. The molecule has 0 N–H and O–H groups in total. The van der Waals surface area contributed by atoms with Crippen molar-refractivity contribution in [2.75, 3.05) is 0 Å². The van der Waals surface area contributed by atoms with Crippen molar-refractivity contribution in [3.63, 3.8) is 0 Å². The van der Waals surface area contributed by atoms with Gasteiger partial charge in [0.15, 0.2) is 0 Å². The monoisotopic (exact) mass is 1810 g/mol. The topological polar surface area (TPSA) is 129 Å². The van der Waals surface area contributed by atoms with E-state index in [2.05, 4.69) is 275 Å². The number of benzene rings is 15. The maximum Gasteiger partial charge on any atom is 0.123 e. The number of aryl methyl sites for hydroxylation is 17. The first-order valence-corrected chi connectivity index (χ1v) is 46.9. The van der Waals surface area contributed by atoms with Crippen molar-refractivity contribution >= 4 is 0 Å². The minimum Gasteiger partial charge on any atom is -0.489 e. The van der Waals surface area contributed by atoms with Crippen LogP contribution >= 0.6 is 0 Å². The summed E-state index contributed by atoms with van der Waals surface area (Å²) in [5, 5.41) is 0. The Morgan fingerprint density at radius 2 is 0.184 bits per heavy atom. The maximum absolute atomic E-state index is 6.91. The van der Waals surface area contributed by atoms with Crippen LogP contribution in [0, 0.1) is 111 Å². The summed E-state index contributed by atoms with van der Waals surface area (Å²) >= 11 is 0. The molecule has 136 heavy (non-hydrogen) atoms. The van der Waals surface area contributed by atoms with Gasteiger partial charge < -0.3 is 66.3 Å². The highest BCUT2D eigenvalue weighted by atomic mass is 16.5. The van der Waals surface area contributed by atoms with Crippen molar-refractivity contribution in [2.45, 2.75) is 217 Å². The summed E-state index contributed by atoms with van der Waals surface area (Å²) in [6.45, 7) is 39.8. The minimum absolute atomic E-state index is 0.138. The van der Waals surface area contributed by atoms with E-state index in [-0.39, 0.29) is 39.6 Å². The lowest BCUT2D eigenvalue weighted by atomic mass is 10.1. The molecule has 0 unspecified atom stereocenters. The fraction of sp³-hybridized carbons (Fsp3) is 0.262. The van der Waals surface area contributed by atoms with Crippen LogP contribution in [0.4, 0.5) is 0 Å². The quantitative estimate of drug-likeness (QED) is 0.0359. The standard InChI is InChI=1S/C122H126O14/c1-18-94-43-109(131-72-103-53-119(133-74-105-45-111(123-64-95-27-78(2)19-79(3)28-95)58-112(46-105)124-65-96-29-80(4)20-81(5)30-96)62-120(54-103)134-75-106-47-113(125-66-97-31-82(6)21-83(7)32-97)59-114(48-106)126-67-98-33-84(8)22-85(9)34-98)57-110(44-94)132-73-104-55-121(135-76-107-49-115(127-68-99-35-86(10)23-87(11)36-99)60-116(50-107)128-69-100-37-88(12)24-89(13)38-100)63-122(56-104)136-77-108-51-117(129-70-101-39-90(14)25-91(15)40-101)61-118(52-108)130-71-102-41-92(16)26-93(17)42-102/h19-63H,18,64-77H2,1-17H3. The highest BCUT2D eigenvalue weighted by Gasteiger charge is 2.19. The first kappa shape index (κ1) is 96.1. The third kappa shape index (κ3) is 29.7. The van der Waals surface area contributed by atoms with Gasteiger partial charge in [-0.25, -0.2) is 0 Å². The summed E-state index contributed by atoms with van der Waals surface area (Å²) in [5.41, 5.74) is 33.4. The van der Waals surface area contributed by atoms with Crippen molar-refractivity contribution in [1.82, 2.24) is 0 Å². The molecule has 698 valence electrons. The van der Waals surface area contributed by atoms with Gasteiger partial charge in [-0.15, -0.1) is 0 Å². The summed E-state index contributed by atoms with van der Waals surface area (Å²) in [4.78, 5) is 0. The van der Waals surface area contributed by atoms with Gasteiger partial charge in [-0.2, -0.15) is 0 Å². The zero-order valence-electron chi connectivity index (χ0n) is 81.8. The fourth-order valence-electron chi connectivity index (χ4n) is 17.8. The summed E-state index contributed by atoms with van der Waals surface area (Å²) in [5.74, 6) is 8.69. The number of ether oxygens (including phenoxy) is 14. The van der Waals surface area contributed by atoms with Gasteiger partial charge in [0.2, 0.25) is 0 Å². The van der Waals surface area contributed by atoms with Crippen LogP contribution in [-0.4, -0.2) is 0 Å². The highest BCUT2D eigenvalue weighted by molar-refractivity contribution is 5.49. The fourth-order valence-corrected chi connectivity index (χ4v) is 17.8. The SMILES string of the molecule is CCc1cc(OCc2cc(OCc3cc(OCc4cc(C)cc(C)c4)cc(OCc4cc(C)cc(C)c4)c3)cc(OCc3cc(OCc4cc(C)cc(C)c4)cc(OCc4cc(C)cc(C)c4)c3)c2)cc(OCc2cc(OCc3cc(OCc4cc(C)cc(C)c4)cc(OCc4cc(C)cc(C)c4)c3)cc(OCc3cc(OCc4cc(C)cc(C)c4)cc(OCc4cc(C)cc(C)c4)c3)c2)c1. The van der Waals surface area contributed by atoms with Gasteiger partial charge in [0.25, 0.3) is 0 Å². The average molecular weight is 1820 g/mol. The van der Waals surface area contributed by atoms with E-state index in [1.807, 2.05) is 115 Å². The lowest BCUT2D eigenvalue weighted by Gasteiger charge is -2.17. The van der Waals surface area contributed by atoms with Crippen molar-refractivity contribution in [3.8, 4) is 80.5 Å². The molecule has 0 bridgehead atoms. The van der Waals surface area contributed by atoms with E-state index in [0.717, 1.165) is 83.5 Å².